The fourth-order valence-electron chi connectivity index (χ4n) is 3.24. The van der Waals surface area contributed by atoms with Gasteiger partial charge in [0.15, 0.2) is 0 Å². The quantitative estimate of drug-likeness (QED) is 0.781. The van der Waals surface area contributed by atoms with Crippen LogP contribution in [0.1, 0.15) is 51.0 Å². The summed E-state index contributed by atoms with van der Waals surface area (Å²) in [5.41, 5.74) is 8.11. The Labute approximate surface area is 118 Å². The van der Waals surface area contributed by atoms with Crippen LogP contribution in [-0.2, 0) is 6.54 Å². The largest absolute Gasteiger partial charge is 0.399 e. The van der Waals surface area contributed by atoms with Gasteiger partial charge in [0.2, 0.25) is 0 Å². The lowest BCUT2D eigenvalue weighted by atomic mass is 9.89. The molecule has 0 spiro atoms. The first-order valence-corrected chi connectivity index (χ1v) is 7.84. The molecule has 19 heavy (non-hydrogen) atoms. The molecule has 0 bridgehead atoms. The van der Waals surface area contributed by atoms with Crippen molar-refractivity contribution in [3.05, 3.63) is 29.8 Å². The van der Waals surface area contributed by atoms with Gasteiger partial charge in [-0.15, -0.1) is 0 Å². The van der Waals surface area contributed by atoms with Gasteiger partial charge in [-0.3, -0.25) is 4.90 Å². The van der Waals surface area contributed by atoms with Crippen LogP contribution in [0.3, 0.4) is 0 Å². The second kappa shape index (κ2) is 7.54. The number of hydrogen-bond donors (Lipinski definition) is 1. The van der Waals surface area contributed by atoms with Gasteiger partial charge in [-0.05, 0) is 49.4 Å². The molecule has 0 unspecified atom stereocenters. The first-order valence-electron chi connectivity index (χ1n) is 7.84. The lowest BCUT2D eigenvalue weighted by Gasteiger charge is -2.29. The number of nitrogens with two attached hydrogens (primary N) is 1. The predicted molar refractivity (Wildman–Crippen MR) is 83.0 cm³/mol. The molecule has 1 aliphatic rings. The minimum atomic E-state index is 0.881. The van der Waals surface area contributed by atoms with E-state index in [0.717, 1.165) is 18.2 Å². The van der Waals surface area contributed by atoms with Crippen molar-refractivity contribution in [1.29, 1.82) is 0 Å². The molecule has 2 nitrogen and oxygen atoms in total. The van der Waals surface area contributed by atoms with Gasteiger partial charge in [0.1, 0.15) is 0 Å². The van der Waals surface area contributed by atoms with Crippen LogP contribution >= 0.6 is 0 Å². The van der Waals surface area contributed by atoms with Gasteiger partial charge in [0.25, 0.3) is 0 Å². The number of hydrogen-bond acceptors (Lipinski definition) is 2. The van der Waals surface area contributed by atoms with Gasteiger partial charge in [-0.2, -0.15) is 0 Å². The van der Waals surface area contributed by atoms with Crippen LogP contribution in [0.4, 0.5) is 5.69 Å². The summed E-state index contributed by atoms with van der Waals surface area (Å²) in [5, 5.41) is 0. The molecule has 0 heterocycles. The van der Waals surface area contributed by atoms with Crippen LogP contribution in [0.25, 0.3) is 0 Å². The topological polar surface area (TPSA) is 29.3 Å². The first kappa shape index (κ1) is 14.4. The summed E-state index contributed by atoms with van der Waals surface area (Å²) in [6.07, 6.45) is 8.40. The third-order valence-electron chi connectivity index (χ3n) is 4.14. The van der Waals surface area contributed by atoms with Gasteiger partial charge >= 0.3 is 0 Å². The molecule has 0 amide bonds. The molecular formula is C17H28N2. The molecule has 0 aliphatic heterocycles. The maximum atomic E-state index is 5.87. The Hall–Kier alpha value is -1.02. The van der Waals surface area contributed by atoms with Crippen LogP contribution in [0, 0.1) is 5.92 Å². The number of benzene rings is 1. The molecule has 1 aliphatic carbocycles. The molecular weight excluding hydrogens is 232 g/mol. The molecule has 2 N–H and O–H groups in total. The van der Waals surface area contributed by atoms with Gasteiger partial charge < -0.3 is 5.73 Å². The third kappa shape index (κ3) is 4.87. The van der Waals surface area contributed by atoms with Crippen LogP contribution < -0.4 is 5.73 Å². The molecule has 1 aromatic rings. The van der Waals surface area contributed by atoms with E-state index in [4.69, 9.17) is 5.73 Å². The second-order valence-electron chi connectivity index (χ2n) is 5.98. The Balaban J connectivity index is 1.91. The molecule has 0 radical (unpaired) electrons. The lowest BCUT2D eigenvalue weighted by Crippen LogP contribution is -2.31. The van der Waals surface area contributed by atoms with Gasteiger partial charge in [-0.25, -0.2) is 0 Å². The van der Waals surface area contributed by atoms with E-state index in [2.05, 4.69) is 30.0 Å². The standard InChI is InChI=1S/C17H28N2/c1-2-11-19(13-15-7-4-3-5-8-15)14-16-9-6-10-17(18)12-16/h6,9-10,12,15H,2-5,7-8,11,13-14,18H2,1H3. The van der Waals surface area contributed by atoms with E-state index >= 15 is 0 Å². The average molecular weight is 260 g/mol. The first-order chi connectivity index (χ1) is 9.28. The van der Waals surface area contributed by atoms with Gasteiger partial charge in [0.05, 0.1) is 0 Å². The SMILES string of the molecule is CCCN(Cc1cccc(N)c1)CC1CCCCC1. The van der Waals surface area contributed by atoms with Gasteiger partial charge in [-0.1, -0.05) is 38.3 Å². The molecule has 0 atom stereocenters. The summed E-state index contributed by atoms with van der Waals surface area (Å²) in [6.45, 7) is 5.79. The minimum Gasteiger partial charge on any atom is -0.399 e. The molecule has 1 aromatic carbocycles. The summed E-state index contributed by atoms with van der Waals surface area (Å²) in [4.78, 5) is 2.62. The summed E-state index contributed by atoms with van der Waals surface area (Å²) in [7, 11) is 0. The fourth-order valence-corrected chi connectivity index (χ4v) is 3.24. The number of nitrogen functional groups attached to an aromatic ring is 1. The Morgan fingerprint density at radius 1 is 1.21 bits per heavy atom. The molecule has 0 aromatic heterocycles. The zero-order valence-corrected chi connectivity index (χ0v) is 12.3. The summed E-state index contributed by atoms with van der Waals surface area (Å²) in [6, 6.07) is 8.34. The average Bonchev–Trinajstić information content (AvgIpc) is 2.40. The molecule has 106 valence electrons. The zero-order valence-electron chi connectivity index (χ0n) is 12.3. The smallest absolute Gasteiger partial charge is 0.0317 e. The lowest BCUT2D eigenvalue weighted by molar-refractivity contribution is 0.194. The van der Waals surface area contributed by atoms with E-state index in [1.807, 2.05) is 6.07 Å². The van der Waals surface area contributed by atoms with Crippen LogP contribution in [-0.4, -0.2) is 18.0 Å². The Morgan fingerprint density at radius 2 is 2.00 bits per heavy atom. The minimum absolute atomic E-state index is 0.881. The van der Waals surface area contributed by atoms with Crippen molar-refractivity contribution < 1.29 is 0 Å². The second-order valence-corrected chi connectivity index (χ2v) is 5.98. The normalized spacial score (nSPS) is 16.9. The van der Waals surface area contributed by atoms with Crippen LogP contribution in [0.15, 0.2) is 24.3 Å². The van der Waals surface area contributed by atoms with Crippen LogP contribution in [0.2, 0.25) is 0 Å². The predicted octanol–water partition coefficient (Wildman–Crippen LogP) is 4.06. The number of nitrogens with zero attached hydrogens (tertiary/aromatic N) is 1. The van der Waals surface area contributed by atoms with E-state index in [0.29, 0.717) is 0 Å². The van der Waals surface area contributed by atoms with E-state index in [1.165, 1.54) is 57.2 Å². The molecule has 1 saturated carbocycles. The van der Waals surface area contributed by atoms with E-state index in [-0.39, 0.29) is 0 Å². The molecule has 1 fully saturated rings. The molecule has 2 rings (SSSR count). The van der Waals surface area contributed by atoms with Crippen LogP contribution in [0.5, 0.6) is 0 Å². The van der Waals surface area contributed by atoms with Crippen molar-refractivity contribution >= 4 is 5.69 Å². The maximum Gasteiger partial charge on any atom is 0.0317 e. The monoisotopic (exact) mass is 260 g/mol. The van der Waals surface area contributed by atoms with Gasteiger partial charge in [0, 0.05) is 18.8 Å². The van der Waals surface area contributed by atoms with Crippen molar-refractivity contribution in [1.82, 2.24) is 4.90 Å². The Kier molecular flexibility index (Phi) is 5.71. The maximum absolute atomic E-state index is 5.87. The Morgan fingerprint density at radius 3 is 2.68 bits per heavy atom. The van der Waals surface area contributed by atoms with E-state index in [1.54, 1.807) is 0 Å². The molecule has 0 saturated heterocycles. The Bertz CT molecular complexity index is 369. The highest BCUT2D eigenvalue weighted by atomic mass is 15.1. The highest BCUT2D eigenvalue weighted by Crippen LogP contribution is 2.25. The highest BCUT2D eigenvalue weighted by molar-refractivity contribution is 5.40. The van der Waals surface area contributed by atoms with Crippen molar-refractivity contribution in [3.63, 3.8) is 0 Å². The summed E-state index contributed by atoms with van der Waals surface area (Å²) in [5.74, 6) is 0.918. The third-order valence-corrected chi connectivity index (χ3v) is 4.14. The van der Waals surface area contributed by atoms with E-state index < -0.39 is 0 Å². The fraction of sp³-hybridized carbons (Fsp3) is 0.647. The van der Waals surface area contributed by atoms with E-state index in [9.17, 15) is 0 Å². The highest BCUT2D eigenvalue weighted by Gasteiger charge is 2.17. The molecule has 2 heteroatoms. The van der Waals surface area contributed by atoms with Crippen molar-refractivity contribution in [2.75, 3.05) is 18.8 Å². The zero-order chi connectivity index (χ0) is 13.5. The summed E-state index contributed by atoms with van der Waals surface area (Å²) >= 11 is 0. The number of rotatable bonds is 6. The van der Waals surface area contributed by atoms with Crippen molar-refractivity contribution in [3.8, 4) is 0 Å². The van der Waals surface area contributed by atoms with Crippen molar-refractivity contribution in [2.45, 2.75) is 52.0 Å². The van der Waals surface area contributed by atoms with Crippen molar-refractivity contribution in [2.24, 2.45) is 5.92 Å². The summed E-state index contributed by atoms with van der Waals surface area (Å²) < 4.78 is 0. The number of anilines is 1.